The van der Waals surface area contributed by atoms with Crippen LogP contribution in [0.25, 0.3) is 5.82 Å². The maximum Gasteiger partial charge on any atom is 0.324 e. The summed E-state index contributed by atoms with van der Waals surface area (Å²) in [7, 11) is 0. The number of nitrogens with one attached hydrogen (secondary N) is 2. The Bertz CT molecular complexity index is 936. The maximum absolute atomic E-state index is 12.3. The molecule has 8 heteroatoms. The first-order valence-electron chi connectivity index (χ1n) is 9.21. The van der Waals surface area contributed by atoms with Crippen molar-refractivity contribution in [1.29, 1.82) is 0 Å². The number of rotatable bonds is 7. The molecule has 28 heavy (non-hydrogen) atoms. The molecule has 2 aromatic heterocycles. The van der Waals surface area contributed by atoms with Crippen molar-refractivity contribution in [3.8, 4) is 11.6 Å². The summed E-state index contributed by atoms with van der Waals surface area (Å²) in [5, 5.41) is 9.87. The lowest BCUT2D eigenvalue weighted by Crippen LogP contribution is -2.20. The number of hydrogen-bond acceptors (Lipinski definition) is 5. The molecule has 0 bridgehead atoms. The van der Waals surface area contributed by atoms with E-state index in [2.05, 4.69) is 32.6 Å². The molecule has 0 fully saturated rings. The van der Waals surface area contributed by atoms with Crippen LogP contribution in [0.2, 0.25) is 0 Å². The fraction of sp³-hybridized carbons (Fsp3) is 0.300. The summed E-state index contributed by atoms with van der Waals surface area (Å²) in [6.07, 6.45) is 3.49. The number of anilines is 2. The molecule has 146 valence electrons. The van der Waals surface area contributed by atoms with Gasteiger partial charge in [-0.15, -0.1) is 0 Å². The number of aromatic nitrogens is 4. The average molecular weight is 380 g/mol. The van der Waals surface area contributed by atoms with Gasteiger partial charge in [-0.3, -0.25) is 5.32 Å². The zero-order chi connectivity index (χ0) is 19.9. The van der Waals surface area contributed by atoms with Crippen LogP contribution in [0.15, 0.2) is 42.7 Å². The summed E-state index contributed by atoms with van der Waals surface area (Å²) < 4.78 is 7.32. The number of carbonyl (C=O) groups excluding carboxylic acids is 1. The highest BCUT2D eigenvalue weighted by Crippen LogP contribution is 2.17. The van der Waals surface area contributed by atoms with Crippen molar-refractivity contribution in [2.45, 2.75) is 33.6 Å². The molecule has 0 atom stereocenters. The van der Waals surface area contributed by atoms with Gasteiger partial charge in [-0.25, -0.2) is 19.4 Å². The van der Waals surface area contributed by atoms with Crippen LogP contribution in [0.3, 0.4) is 0 Å². The van der Waals surface area contributed by atoms with E-state index >= 15 is 0 Å². The Morgan fingerprint density at radius 3 is 2.57 bits per heavy atom. The van der Waals surface area contributed by atoms with Crippen molar-refractivity contribution in [3.63, 3.8) is 0 Å². The molecule has 2 amide bonds. The number of hydrogen-bond donors (Lipinski definition) is 2. The molecule has 0 saturated carbocycles. The number of urea groups is 1. The molecule has 1 aromatic carbocycles. The summed E-state index contributed by atoms with van der Waals surface area (Å²) in [6, 6.07) is 10.5. The van der Waals surface area contributed by atoms with Crippen LogP contribution in [0, 0.1) is 13.8 Å². The van der Waals surface area contributed by atoms with E-state index in [1.807, 2.05) is 32.0 Å². The van der Waals surface area contributed by atoms with E-state index in [0.29, 0.717) is 23.9 Å². The van der Waals surface area contributed by atoms with Crippen molar-refractivity contribution in [2.75, 3.05) is 17.2 Å². The molecular weight excluding hydrogens is 356 g/mol. The average Bonchev–Trinajstić information content (AvgIpc) is 3.02. The second-order valence-corrected chi connectivity index (χ2v) is 6.41. The van der Waals surface area contributed by atoms with E-state index in [0.717, 1.165) is 30.0 Å². The van der Waals surface area contributed by atoms with Gasteiger partial charge in [-0.05, 0) is 50.6 Å². The van der Waals surface area contributed by atoms with Crippen LogP contribution in [0.4, 0.5) is 16.3 Å². The molecule has 2 heterocycles. The van der Waals surface area contributed by atoms with Crippen LogP contribution >= 0.6 is 0 Å². The van der Waals surface area contributed by atoms with Gasteiger partial charge in [0.2, 0.25) is 0 Å². The van der Waals surface area contributed by atoms with E-state index in [-0.39, 0.29) is 0 Å². The van der Waals surface area contributed by atoms with E-state index in [1.165, 1.54) is 6.33 Å². The van der Waals surface area contributed by atoms with Crippen molar-refractivity contribution >= 4 is 17.5 Å². The van der Waals surface area contributed by atoms with Crippen LogP contribution in [0.1, 0.15) is 31.2 Å². The zero-order valence-corrected chi connectivity index (χ0v) is 16.3. The molecule has 3 rings (SSSR count). The van der Waals surface area contributed by atoms with Crippen molar-refractivity contribution in [2.24, 2.45) is 0 Å². The van der Waals surface area contributed by atoms with Gasteiger partial charge < -0.3 is 10.1 Å². The van der Waals surface area contributed by atoms with E-state index in [9.17, 15) is 4.79 Å². The number of nitrogens with zero attached hydrogens (tertiary/aromatic N) is 4. The molecule has 0 aliphatic carbocycles. The molecule has 0 aliphatic heterocycles. The third kappa shape index (κ3) is 5.06. The Morgan fingerprint density at radius 2 is 1.89 bits per heavy atom. The monoisotopic (exact) mass is 380 g/mol. The Morgan fingerprint density at radius 1 is 1.11 bits per heavy atom. The van der Waals surface area contributed by atoms with Gasteiger partial charge in [0.05, 0.1) is 12.3 Å². The van der Waals surface area contributed by atoms with Crippen LogP contribution in [0.5, 0.6) is 5.75 Å². The lowest BCUT2D eigenvalue weighted by Gasteiger charge is -2.10. The van der Waals surface area contributed by atoms with Crippen molar-refractivity contribution < 1.29 is 9.53 Å². The first-order valence-corrected chi connectivity index (χ1v) is 9.21. The summed E-state index contributed by atoms with van der Waals surface area (Å²) in [5.74, 6) is 1.75. The van der Waals surface area contributed by atoms with Gasteiger partial charge in [-0.2, -0.15) is 5.10 Å². The van der Waals surface area contributed by atoms with Gasteiger partial charge in [-0.1, -0.05) is 13.3 Å². The lowest BCUT2D eigenvalue weighted by atomic mass is 10.3. The molecule has 2 N–H and O–H groups in total. The minimum Gasteiger partial charge on any atom is -0.494 e. The third-order valence-corrected chi connectivity index (χ3v) is 4.00. The highest BCUT2D eigenvalue weighted by molar-refractivity contribution is 5.99. The van der Waals surface area contributed by atoms with E-state index in [4.69, 9.17) is 4.74 Å². The molecule has 0 radical (unpaired) electrons. The molecular formula is C20H24N6O2. The topological polar surface area (TPSA) is 94.0 Å². The highest BCUT2D eigenvalue weighted by Gasteiger charge is 2.09. The largest absolute Gasteiger partial charge is 0.494 e. The predicted octanol–water partition coefficient (Wildman–Crippen LogP) is 4.10. The number of ether oxygens (including phenoxy) is 1. The quantitative estimate of drug-likeness (QED) is 0.602. The minimum atomic E-state index is -0.391. The molecule has 0 saturated heterocycles. The summed E-state index contributed by atoms with van der Waals surface area (Å²) in [6.45, 7) is 6.66. The minimum absolute atomic E-state index is 0.384. The van der Waals surface area contributed by atoms with Crippen molar-refractivity contribution in [1.82, 2.24) is 19.7 Å². The molecule has 8 nitrogen and oxygen atoms in total. The fourth-order valence-corrected chi connectivity index (χ4v) is 2.64. The van der Waals surface area contributed by atoms with Gasteiger partial charge in [0, 0.05) is 17.4 Å². The normalized spacial score (nSPS) is 10.5. The third-order valence-electron chi connectivity index (χ3n) is 4.00. The SMILES string of the molecule is CCCCOc1ccc(NC(=O)Nc2cc(-n3nc(C)cc3C)ncn2)cc1. The van der Waals surface area contributed by atoms with Crippen LogP contribution < -0.4 is 15.4 Å². The molecule has 0 aliphatic rings. The summed E-state index contributed by atoms with van der Waals surface area (Å²) >= 11 is 0. The summed E-state index contributed by atoms with van der Waals surface area (Å²) in [5.41, 5.74) is 2.51. The van der Waals surface area contributed by atoms with Crippen molar-refractivity contribution in [3.05, 3.63) is 54.1 Å². The second-order valence-electron chi connectivity index (χ2n) is 6.41. The number of aryl methyl sites for hydroxylation is 2. The van der Waals surface area contributed by atoms with Gasteiger partial charge >= 0.3 is 6.03 Å². The van der Waals surface area contributed by atoms with Crippen LogP contribution in [-0.4, -0.2) is 32.4 Å². The highest BCUT2D eigenvalue weighted by atomic mass is 16.5. The predicted molar refractivity (Wildman–Crippen MR) is 108 cm³/mol. The van der Waals surface area contributed by atoms with Gasteiger partial charge in [0.15, 0.2) is 5.82 Å². The first-order chi connectivity index (χ1) is 13.5. The number of unbranched alkanes of at least 4 members (excludes halogenated alkanes) is 1. The Kier molecular flexibility index (Phi) is 6.21. The van der Waals surface area contributed by atoms with Crippen LogP contribution in [-0.2, 0) is 0 Å². The Labute approximate surface area is 164 Å². The molecule has 0 spiro atoms. The molecule has 3 aromatic rings. The standard InChI is InChI=1S/C20H24N6O2/c1-4-5-10-28-17-8-6-16(7-9-17)23-20(27)24-18-12-19(22-13-21-18)26-15(3)11-14(2)25-26/h6-9,11-13H,4-5,10H2,1-3H3,(H2,21,22,23,24,27). The number of benzene rings is 1. The molecule has 0 unspecified atom stereocenters. The Balaban J connectivity index is 1.60. The van der Waals surface area contributed by atoms with Gasteiger partial charge in [0.1, 0.15) is 17.9 Å². The fourth-order valence-electron chi connectivity index (χ4n) is 2.64. The van der Waals surface area contributed by atoms with E-state index < -0.39 is 6.03 Å². The van der Waals surface area contributed by atoms with Gasteiger partial charge in [0.25, 0.3) is 0 Å². The lowest BCUT2D eigenvalue weighted by molar-refractivity contribution is 0.262. The van der Waals surface area contributed by atoms with E-state index in [1.54, 1.807) is 22.9 Å². The smallest absolute Gasteiger partial charge is 0.324 e. The zero-order valence-electron chi connectivity index (χ0n) is 16.3. The maximum atomic E-state index is 12.3. The Hall–Kier alpha value is -3.42. The summed E-state index contributed by atoms with van der Waals surface area (Å²) in [4.78, 5) is 20.6. The number of amides is 2. The first kappa shape index (κ1) is 19.3. The second kappa shape index (κ2) is 8.98. The number of carbonyl (C=O) groups is 1.